The van der Waals surface area contributed by atoms with Crippen molar-refractivity contribution in [3.05, 3.63) is 12.3 Å². The fourth-order valence-electron chi connectivity index (χ4n) is 4.51. The van der Waals surface area contributed by atoms with Crippen LogP contribution in [0.25, 0.3) is 0 Å². The van der Waals surface area contributed by atoms with Gasteiger partial charge >= 0.3 is 6.09 Å². The third-order valence-corrected chi connectivity index (χ3v) is 6.21. The van der Waals surface area contributed by atoms with E-state index in [1.165, 1.54) is 0 Å². The summed E-state index contributed by atoms with van der Waals surface area (Å²) in [7, 11) is 3.16. The third-order valence-electron chi connectivity index (χ3n) is 6.21. The Hall–Kier alpha value is -1.80. The fourth-order valence-corrected chi connectivity index (χ4v) is 4.51. The molecule has 2 rings (SSSR count). The van der Waals surface area contributed by atoms with Crippen molar-refractivity contribution in [1.29, 1.82) is 0 Å². The molecule has 0 aromatic heterocycles. The maximum Gasteiger partial charge on any atom is 0.408 e. The summed E-state index contributed by atoms with van der Waals surface area (Å²) in [5, 5.41) is 5.27. The number of carbonyl (C=O) groups is 2. The van der Waals surface area contributed by atoms with Crippen LogP contribution < -0.4 is 10.6 Å². The molecule has 0 aromatic carbocycles. The van der Waals surface area contributed by atoms with Gasteiger partial charge in [-0.1, -0.05) is 27.7 Å². The molecule has 8 nitrogen and oxygen atoms in total. The zero-order valence-electron chi connectivity index (χ0n) is 20.2. The number of ether oxygens (including phenoxy) is 4. The number of rotatable bonds is 9. The lowest BCUT2D eigenvalue weighted by Crippen LogP contribution is -2.59. The number of likely N-dealkylation sites (N-methyl/N-ethyl adjacent to an activating group) is 1. The number of allylic oxidation sites excluding steroid dienone is 1. The smallest absolute Gasteiger partial charge is 0.408 e. The quantitative estimate of drug-likeness (QED) is 0.422. The summed E-state index contributed by atoms with van der Waals surface area (Å²) in [6.07, 6.45) is 3.60. The van der Waals surface area contributed by atoms with E-state index in [9.17, 15) is 9.59 Å². The van der Waals surface area contributed by atoms with E-state index in [2.05, 4.69) is 24.5 Å². The predicted octanol–water partition coefficient (Wildman–Crippen LogP) is 3.01. The monoisotopic (exact) mass is 440 g/mol. The summed E-state index contributed by atoms with van der Waals surface area (Å²) in [4.78, 5) is 24.7. The Morgan fingerprint density at radius 1 is 1.23 bits per heavy atom. The van der Waals surface area contributed by atoms with Gasteiger partial charge in [-0.15, -0.1) is 0 Å². The Labute approximate surface area is 186 Å². The molecule has 1 saturated heterocycles. The zero-order chi connectivity index (χ0) is 23.4. The zero-order valence-corrected chi connectivity index (χ0v) is 20.2. The minimum absolute atomic E-state index is 0.0759. The summed E-state index contributed by atoms with van der Waals surface area (Å²) in [6.45, 7) is 12.6. The van der Waals surface area contributed by atoms with Crippen molar-refractivity contribution in [2.75, 3.05) is 20.8 Å². The molecule has 1 saturated carbocycles. The number of carbonyl (C=O) groups excluding carboxylic acids is 2. The van der Waals surface area contributed by atoms with Crippen LogP contribution in [0.1, 0.15) is 54.4 Å². The van der Waals surface area contributed by atoms with Crippen molar-refractivity contribution in [3.63, 3.8) is 0 Å². The van der Waals surface area contributed by atoms with E-state index in [0.717, 1.165) is 6.42 Å². The first-order valence-electron chi connectivity index (χ1n) is 11.2. The minimum Gasteiger partial charge on any atom is -0.495 e. The highest BCUT2D eigenvalue weighted by Gasteiger charge is 2.64. The van der Waals surface area contributed by atoms with Gasteiger partial charge in [-0.05, 0) is 44.6 Å². The molecular weight excluding hydrogens is 400 g/mol. The van der Waals surface area contributed by atoms with Crippen LogP contribution in [0.5, 0.6) is 0 Å². The molecular formula is C23H40N2O6. The van der Waals surface area contributed by atoms with Gasteiger partial charge in [-0.2, -0.15) is 0 Å². The normalized spacial score (nSPS) is 29.3. The Bertz CT molecular complexity index is 656. The van der Waals surface area contributed by atoms with Crippen LogP contribution in [-0.4, -0.2) is 62.2 Å². The van der Waals surface area contributed by atoms with E-state index < -0.39 is 29.9 Å². The van der Waals surface area contributed by atoms with Crippen LogP contribution >= 0.6 is 0 Å². The van der Waals surface area contributed by atoms with E-state index in [1.807, 2.05) is 33.8 Å². The molecule has 178 valence electrons. The van der Waals surface area contributed by atoms with E-state index >= 15 is 0 Å². The molecule has 8 heteroatoms. The molecule has 2 amide bonds. The summed E-state index contributed by atoms with van der Waals surface area (Å²) in [5.41, 5.74) is -0.918. The molecule has 2 unspecified atom stereocenters. The summed E-state index contributed by atoms with van der Waals surface area (Å²) < 4.78 is 23.7. The van der Waals surface area contributed by atoms with Crippen LogP contribution in [-0.2, 0) is 23.7 Å². The lowest BCUT2D eigenvalue weighted by atomic mass is 9.68. The first-order valence-corrected chi connectivity index (χ1v) is 11.2. The van der Waals surface area contributed by atoms with E-state index in [4.69, 9.17) is 18.9 Å². The molecule has 2 aliphatic rings. The van der Waals surface area contributed by atoms with Crippen LogP contribution in [0.3, 0.4) is 0 Å². The summed E-state index contributed by atoms with van der Waals surface area (Å²) in [6, 6.07) is -0.670. The predicted molar refractivity (Wildman–Crippen MR) is 117 cm³/mol. The number of amides is 2. The van der Waals surface area contributed by atoms with Crippen LogP contribution in [0.4, 0.5) is 4.79 Å². The van der Waals surface area contributed by atoms with Gasteiger partial charge in [0.05, 0.1) is 18.8 Å². The largest absolute Gasteiger partial charge is 0.495 e. The Morgan fingerprint density at radius 3 is 2.35 bits per heavy atom. The number of hydrogen-bond donors (Lipinski definition) is 2. The molecule has 1 aliphatic heterocycles. The second kappa shape index (κ2) is 10.2. The topological polar surface area (TPSA) is 98.4 Å². The van der Waals surface area contributed by atoms with Crippen molar-refractivity contribution in [1.82, 2.24) is 10.6 Å². The van der Waals surface area contributed by atoms with Gasteiger partial charge in [-0.25, -0.2) is 4.79 Å². The summed E-state index contributed by atoms with van der Waals surface area (Å²) >= 11 is 0. The molecule has 5 atom stereocenters. The van der Waals surface area contributed by atoms with Gasteiger partial charge in [0, 0.05) is 14.2 Å². The average molecular weight is 441 g/mol. The van der Waals surface area contributed by atoms with Gasteiger partial charge in [0.15, 0.2) is 0 Å². The highest BCUT2D eigenvalue weighted by Crippen LogP contribution is 2.52. The number of hydrogen-bond acceptors (Lipinski definition) is 6. The van der Waals surface area contributed by atoms with Gasteiger partial charge in [-0.3, -0.25) is 4.79 Å². The van der Waals surface area contributed by atoms with Gasteiger partial charge in [0.25, 0.3) is 0 Å². The van der Waals surface area contributed by atoms with Crippen molar-refractivity contribution in [2.24, 2.45) is 17.8 Å². The van der Waals surface area contributed by atoms with Gasteiger partial charge in [0.2, 0.25) is 5.91 Å². The molecule has 0 aromatic rings. The second-order valence-corrected chi connectivity index (χ2v) is 9.79. The highest BCUT2D eigenvalue weighted by molar-refractivity contribution is 5.85. The molecule has 0 bridgehead atoms. The summed E-state index contributed by atoms with van der Waals surface area (Å²) in [5.74, 6) is -0.0877. The molecule has 1 aliphatic carbocycles. The Morgan fingerprint density at radius 2 is 1.87 bits per heavy atom. The number of nitrogens with one attached hydrogen (secondary N) is 2. The van der Waals surface area contributed by atoms with Gasteiger partial charge in [0.1, 0.15) is 29.5 Å². The number of epoxide rings is 1. The van der Waals surface area contributed by atoms with Crippen molar-refractivity contribution in [3.8, 4) is 0 Å². The van der Waals surface area contributed by atoms with E-state index in [1.54, 1.807) is 20.4 Å². The minimum atomic E-state index is -0.670. The first-order chi connectivity index (χ1) is 14.5. The standard InChI is InChI=1S/C23H40N2O6/c1-14(2)10-12-29-22(5,6)19-18(28-8)16(9-11-23(19)13-30-23)31-21(27)25-17(15(3)4)20(26)24-7/h10,12,14-19H,9,11,13H2,1-8H3,(H,24,26)(H,25,27)/b12-10+/t16-,17?,18-,19?,23+/m1/s1. The molecule has 1 spiro atoms. The lowest BCUT2D eigenvalue weighted by molar-refractivity contribution is -0.159. The molecule has 31 heavy (non-hydrogen) atoms. The maximum atomic E-state index is 12.6. The lowest BCUT2D eigenvalue weighted by Gasteiger charge is -2.47. The Balaban J connectivity index is 2.15. The van der Waals surface area contributed by atoms with E-state index in [0.29, 0.717) is 18.9 Å². The van der Waals surface area contributed by atoms with Crippen molar-refractivity contribution in [2.45, 2.75) is 83.8 Å². The third kappa shape index (κ3) is 6.13. The number of methoxy groups -OCH3 is 1. The second-order valence-electron chi connectivity index (χ2n) is 9.79. The fraction of sp³-hybridized carbons (Fsp3) is 0.826. The SMILES string of the molecule is CNC(=O)C(NC(=O)O[C@@H]1CC[C@]2(CO2)C(C(C)(C)O/C=C/C(C)C)[C@@H]1OC)C(C)C. The van der Waals surface area contributed by atoms with Crippen molar-refractivity contribution >= 4 is 12.0 Å². The number of alkyl carbamates (subject to hydrolysis) is 1. The maximum absolute atomic E-state index is 12.6. The molecule has 0 radical (unpaired) electrons. The van der Waals surface area contributed by atoms with Crippen LogP contribution in [0.2, 0.25) is 0 Å². The van der Waals surface area contributed by atoms with Crippen LogP contribution in [0.15, 0.2) is 12.3 Å². The van der Waals surface area contributed by atoms with E-state index in [-0.39, 0.29) is 23.3 Å². The molecule has 2 N–H and O–H groups in total. The van der Waals surface area contributed by atoms with Crippen LogP contribution in [0, 0.1) is 17.8 Å². The van der Waals surface area contributed by atoms with Crippen molar-refractivity contribution < 1.29 is 28.5 Å². The molecule has 1 heterocycles. The average Bonchev–Trinajstić information content (AvgIpc) is 3.45. The first kappa shape index (κ1) is 25.5. The molecule has 2 fully saturated rings. The highest BCUT2D eigenvalue weighted by atomic mass is 16.6. The Kier molecular flexibility index (Phi) is 8.39. The van der Waals surface area contributed by atoms with Gasteiger partial charge < -0.3 is 29.6 Å².